The molecule has 0 unspecified atom stereocenters. The molecule has 9 heteroatoms. The molecular weight excluding hydrogens is 431 g/mol. The number of aromatic nitrogens is 1. The number of ether oxygens (including phenoxy) is 1. The Bertz CT molecular complexity index is 1200. The van der Waals surface area contributed by atoms with Crippen LogP contribution in [0.2, 0.25) is 0 Å². The third-order valence-corrected chi connectivity index (χ3v) is 5.89. The molecule has 7 nitrogen and oxygen atoms in total. The van der Waals surface area contributed by atoms with E-state index in [1.807, 2.05) is 29.6 Å². The molecule has 162 valence electrons. The number of anilines is 1. The molecule has 1 atom stereocenters. The second-order valence-electron chi connectivity index (χ2n) is 7.26. The van der Waals surface area contributed by atoms with Crippen LogP contribution in [0, 0.1) is 12.4 Å². The van der Waals surface area contributed by atoms with E-state index in [-0.39, 0.29) is 25.5 Å². The van der Waals surface area contributed by atoms with E-state index in [1.165, 1.54) is 29.2 Å². The Morgan fingerprint density at radius 2 is 2.06 bits per heavy atom. The molecule has 1 aromatic heterocycles. The lowest BCUT2D eigenvalue weighted by Gasteiger charge is -2.14. The maximum Gasteiger partial charge on any atom is 0.414 e. The van der Waals surface area contributed by atoms with Crippen LogP contribution in [0.3, 0.4) is 0 Å². The number of nitrogens with zero attached hydrogens (tertiary/aromatic N) is 3. The molecule has 1 N–H and O–H groups in total. The lowest BCUT2D eigenvalue weighted by atomic mass is 10.0. The third kappa shape index (κ3) is 4.60. The van der Waals surface area contributed by atoms with E-state index in [9.17, 15) is 14.0 Å². The summed E-state index contributed by atoms with van der Waals surface area (Å²) in [6, 6.07) is 12.0. The fourth-order valence-corrected chi connectivity index (χ4v) is 4.20. The van der Waals surface area contributed by atoms with Gasteiger partial charge in [0.2, 0.25) is 5.91 Å². The highest BCUT2D eigenvalue weighted by Crippen LogP contribution is 2.31. The molecule has 1 fully saturated rings. The Hall–Kier alpha value is -3.77. The summed E-state index contributed by atoms with van der Waals surface area (Å²) in [7, 11) is 0. The van der Waals surface area contributed by atoms with Crippen LogP contribution in [-0.4, -0.2) is 36.2 Å². The molecule has 3 aromatic rings. The third-order valence-electron chi connectivity index (χ3n) is 4.95. The highest BCUT2D eigenvalue weighted by Gasteiger charge is 2.32. The molecular formula is C23H19FN4O3S. The van der Waals surface area contributed by atoms with Crippen LogP contribution in [0.5, 0.6) is 0 Å². The highest BCUT2D eigenvalue weighted by molar-refractivity contribution is 7.13. The van der Waals surface area contributed by atoms with E-state index < -0.39 is 18.0 Å². The Morgan fingerprint density at radius 1 is 1.31 bits per heavy atom. The summed E-state index contributed by atoms with van der Waals surface area (Å²) >= 11 is 1.47. The van der Waals surface area contributed by atoms with Crippen molar-refractivity contribution in [2.75, 3.05) is 18.0 Å². The number of hydrogen-bond acceptors (Lipinski definition) is 5. The van der Waals surface area contributed by atoms with Gasteiger partial charge < -0.3 is 14.9 Å². The zero-order chi connectivity index (χ0) is 22.7. The number of carbonyl (C=O) groups is 2. The SMILES string of the molecule is [C-]#[N+]Cc1csc(-c2ccc(-c3ccc(N4C[C@H](CNC(C)=O)OC4=O)cc3F)cc2)n1. The Balaban J connectivity index is 1.49. The number of cyclic esters (lactones) is 1. The topological polar surface area (TPSA) is 75.9 Å². The maximum absolute atomic E-state index is 14.9. The second kappa shape index (κ2) is 9.16. The molecule has 0 spiro atoms. The lowest BCUT2D eigenvalue weighted by Crippen LogP contribution is -2.33. The van der Waals surface area contributed by atoms with E-state index in [0.717, 1.165) is 16.3 Å². The molecule has 0 saturated carbocycles. The van der Waals surface area contributed by atoms with Crippen LogP contribution in [0.15, 0.2) is 47.8 Å². The fraction of sp³-hybridized carbons (Fsp3) is 0.217. The van der Waals surface area contributed by atoms with Gasteiger partial charge in [-0.1, -0.05) is 24.3 Å². The Kier molecular flexibility index (Phi) is 6.14. The average molecular weight is 450 g/mol. The van der Waals surface area contributed by atoms with Gasteiger partial charge in [-0.2, -0.15) is 0 Å². The van der Waals surface area contributed by atoms with Gasteiger partial charge in [-0.3, -0.25) is 9.69 Å². The van der Waals surface area contributed by atoms with E-state index in [4.69, 9.17) is 11.3 Å². The van der Waals surface area contributed by atoms with Crippen molar-refractivity contribution < 1.29 is 18.7 Å². The summed E-state index contributed by atoms with van der Waals surface area (Å²) in [4.78, 5) is 32.3. The summed E-state index contributed by atoms with van der Waals surface area (Å²) in [5, 5.41) is 5.29. The number of rotatable bonds is 6. The first kappa shape index (κ1) is 21.5. The van der Waals surface area contributed by atoms with Crippen molar-refractivity contribution in [3.05, 3.63) is 70.8 Å². The van der Waals surface area contributed by atoms with Gasteiger partial charge in [0.05, 0.1) is 18.8 Å². The summed E-state index contributed by atoms with van der Waals surface area (Å²) in [6.07, 6.45) is -1.05. The minimum Gasteiger partial charge on any atom is -0.442 e. The molecule has 2 amide bonds. The largest absolute Gasteiger partial charge is 0.442 e. The quantitative estimate of drug-likeness (QED) is 0.561. The van der Waals surface area contributed by atoms with E-state index in [2.05, 4.69) is 15.1 Å². The van der Waals surface area contributed by atoms with Gasteiger partial charge in [0.15, 0.2) is 0 Å². The standard InChI is InChI=1S/C23H19FN4O3S/c1-14(29)26-11-19-12-28(23(30)31-19)18-7-8-20(21(24)9-18)15-3-5-16(6-4-15)22-27-17(10-25-2)13-32-22/h3-9,13,19H,10-12H2,1H3,(H,26,29)/t19-/m0/s1. The van der Waals surface area contributed by atoms with Crippen LogP contribution in [0.4, 0.5) is 14.9 Å². The van der Waals surface area contributed by atoms with Crippen LogP contribution >= 0.6 is 11.3 Å². The van der Waals surface area contributed by atoms with Crippen LogP contribution in [0.25, 0.3) is 26.5 Å². The van der Waals surface area contributed by atoms with Gasteiger partial charge in [-0.25, -0.2) is 20.7 Å². The summed E-state index contributed by atoms with van der Waals surface area (Å²) in [5.74, 6) is -0.665. The minimum atomic E-state index is -0.571. The van der Waals surface area contributed by atoms with Gasteiger partial charge in [-0.05, 0) is 23.8 Å². The number of thiazole rings is 1. The van der Waals surface area contributed by atoms with Crippen molar-refractivity contribution in [3.8, 4) is 21.7 Å². The number of benzene rings is 2. The molecule has 0 radical (unpaired) electrons. The first-order chi connectivity index (χ1) is 15.4. The van der Waals surface area contributed by atoms with E-state index >= 15 is 0 Å². The normalized spacial score (nSPS) is 15.3. The van der Waals surface area contributed by atoms with Crippen molar-refractivity contribution in [3.63, 3.8) is 0 Å². The lowest BCUT2D eigenvalue weighted by molar-refractivity contribution is -0.119. The number of amides is 2. The van der Waals surface area contributed by atoms with Gasteiger partial charge in [0.25, 0.3) is 6.54 Å². The van der Waals surface area contributed by atoms with Crippen LogP contribution in [0.1, 0.15) is 12.6 Å². The molecule has 1 aliphatic rings. The summed E-state index contributed by atoms with van der Waals surface area (Å²) in [5.41, 5.74) is 3.15. The Morgan fingerprint density at radius 3 is 2.75 bits per heavy atom. The second-order valence-corrected chi connectivity index (χ2v) is 8.11. The molecule has 2 heterocycles. The average Bonchev–Trinajstić information content (AvgIpc) is 3.39. The van der Waals surface area contributed by atoms with E-state index in [0.29, 0.717) is 16.8 Å². The first-order valence-electron chi connectivity index (χ1n) is 9.85. The number of nitrogens with one attached hydrogen (secondary N) is 1. The first-order valence-corrected chi connectivity index (χ1v) is 10.7. The number of hydrogen-bond donors (Lipinski definition) is 1. The smallest absolute Gasteiger partial charge is 0.414 e. The molecule has 1 saturated heterocycles. The van der Waals surface area contributed by atoms with Crippen LogP contribution < -0.4 is 10.2 Å². The van der Waals surface area contributed by atoms with Crippen molar-refractivity contribution in [2.45, 2.75) is 19.6 Å². The van der Waals surface area contributed by atoms with Gasteiger partial charge >= 0.3 is 6.09 Å². The van der Waals surface area contributed by atoms with Crippen molar-refractivity contribution >= 4 is 29.0 Å². The molecule has 4 rings (SSSR count). The predicted molar refractivity (Wildman–Crippen MR) is 120 cm³/mol. The molecule has 0 bridgehead atoms. The number of carbonyl (C=O) groups excluding carboxylic acids is 2. The summed E-state index contributed by atoms with van der Waals surface area (Å²) in [6.45, 7) is 9.02. The molecule has 2 aromatic carbocycles. The zero-order valence-corrected chi connectivity index (χ0v) is 18.0. The summed E-state index contributed by atoms with van der Waals surface area (Å²) < 4.78 is 20.1. The molecule has 1 aliphatic heterocycles. The van der Waals surface area contributed by atoms with Crippen molar-refractivity contribution in [2.24, 2.45) is 0 Å². The van der Waals surface area contributed by atoms with Crippen molar-refractivity contribution in [1.82, 2.24) is 10.3 Å². The maximum atomic E-state index is 14.9. The van der Waals surface area contributed by atoms with Crippen LogP contribution in [-0.2, 0) is 16.1 Å². The van der Waals surface area contributed by atoms with Gasteiger partial charge in [0, 0.05) is 23.4 Å². The highest BCUT2D eigenvalue weighted by atomic mass is 32.1. The van der Waals surface area contributed by atoms with Gasteiger partial charge in [-0.15, -0.1) is 11.3 Å². The monoisotopic (exact) mass is 450 g/mol. The van der Waals surface area contributed by atoms with Crippen molar-refractivity contribution in [1.29, 1.82) is 0 Å². The predicted octanol–water partition coefficient (Wildman–Crippen LogP) is 4.50. The molecule has 0 aliphatic carbocycles. The van der Waals surface area contributed by atoms with E-state index in [1.54, 1.807) is 12.1 Å². The number of halogens is 1. The minimum absolute atomic E-state index is 0.209. The molecule has 32 heavy (non-hydrogen) atoms. The zero-order valence-electron chi connectivity index (χ0n) is 17.2. The van der Waals surface area contributed by atoms with Gasteiger partial charge in [0.1, 0.15) is 22.6 Å². The fourth-order valence-electron chi connectivity index (χ4n) is 3.39. The Labute approximate surface area is 188 Å².